The fourth-order valence-corrected chi connectivity index (χ4v) is 3.58. The highest BCUT2D eigenvalue weighted by Gasteiger charge is 2.19. The van der Waals surface area contributed by atoms with Gasteiger partial charge in [0.1, 0.15) is 0 Å². The zero-order chi connectivity index (χ0) is 19.1. The molecule has 27 heavy (non-hydrogen) atoms. The van der Waals surface area contributed by atoms with Crippen LogP contribution in [-0.4, -0.2) is 36.5 Å². The summed E-state index contributed by atoms with van der Waals surface area (Å²) in [7, 11) is 0. The van der Waals surface area contributed by atoms with Gasteiger partial charge in [0, 0.05) is 31.8 Å². The van der Waals surface area contributed by atoms with Crippen molar-refractivity contribution in [3.05, 3.63) is 75.8 Å². The molecule has 3 nitrogen and oxygen atoms in total. The van der Waals surface area contributed by atoms with Gasteiger partial charge in [0.25, 0.3) is 0 Å². The standard InChI is InChI=1S/C22H24Cl2N2O/c23-20-8-6-18(16-21(20)24)7-9-22(27)25-19-11-14-26(15-12-19)13-10-17-4-2-1-3-5-17/h1-9,16,19H,10-15H2,(H,25,27)/b9-7+. The minimum atomic E-state index is -0.0659. The van der Waals surface area contributed by atoms with Crippen LogP contribution in [0.5, 0.6) is 0 Å². The summed E-state index contributed by atoms with van der Waals surface area (Å²) in [5.41, 5.74) is 2.23. The van der Waals surface area contributed by atoms with Crippen LogP contribution in [0, 0.1) is 0 Å². The fraction of sp³-hybridized carbons (Fsp3) is 0.318. The number of benzene rings is 2. The van der Waals surface area contributed by atoms with E-state index in [0.717, 1.165) is 44.5 Å². The van der Waals surface area contributed by atoms with E-state index >= 15 is 0 Å². The summed E-state index contributed by atoms with van der Waals surface area (Å²) in [5.74, 6) is -0.0659. The summed E-state index contributed by atoms with van der Waals surface area (Å²) >= 11 is 11.9. The second-order valence-electron chi connectivity index (χ2n) is 6.87. The van der Waals surface area contributed by atoms with Crippen molar-refractivity contribution in [2.24, 2.45) is 0 Å². The molecular weight excluding hydrogens is 379 g/mol. The van der Waals surface area contributed by atoms with Crippen LogP contribution in [0.2, 0.25) is 10.0 Å². The number of amides is 1. The molecule has 0 saturated carbocycles. The third kappa shape index (κ3) is 6.39. The molecule has 0 bridgehead atoms. The molecule has 0 radical (unpaired) electrons. The molecule has 2 aromatic carbocycles. The number of hydrogen-bond donors (Lipinski definition) is 1. The van der Waals surface area contributed by atoms with Crippen molar-refractivity contribution in [3.8, 4) is 0 Å². The maximum atomic E-state index is 12.2. The third-order valence-corrected chi connectivity index (χ3v) is 5.60. The number of carbonyl (C=O) groups is 1. The van der Waals surface area contributed by atoms with E-state index in [1.807, 2.05) is 12.1 Å². The Bertz CT molecular complexity index is 784. The number of hydrogen-bond acceptors (Lipinski definition) is 2. The fourth-order valence-electron chi connectivity index (χ4n) is 3.27. The van der Waals surface area contributed by atoms with Gasteiger partial charge in [-0.15, -0.1) is 0 Å². The van der Waals surface area contributed by atoms with E-state index in [2.05, 4.69) is 34.5 Å². The Morgan fingerprint density at radius 3 is 2.52 bits per heavy atom. The van der Waals surface area contributed by atoms with Crippen LogP contribution >= 0.6 is 23.2 Å². The molecule has 3 rings (SSSR count). The van der Waals surface area contributed by atoms with E-state index in [1.165, 1.54) is 5.56 Å². The summed E-state index contributed by atoms with van der Waals surface area (Å²) in [6.07, 6.45) is 6.36. The highest BCUT2D eigenvalue weighted by molar-refractivity contribution is 6.42. The molecule has 1 aliphatic heterocycles. The average Bonchev–Trinajstić information content (AvgIpc) is 2.69. The molecule has 0 aliphatic carbocycles. The molecular formula is C22H24Cl2N2O. The molecule has 142 valence electrons. The Morgan fingerprint density at radius 1 is 1.07 bits per heavy atom. The molecule has 1 heterocycles. The first kappa shape index (κ1) is 19.9. The Hall–Kier alpha value is -1.81. The van der Waals surface area contributed by atoms with Crippen LogP contribution < -0.4 is 5.32 Å². The lowest BCUT2D eigenvalue weighted by Crippen LogP contribution is -2.44. The first-order chi connectivity index (χ1) is 13.1. The summed E-state index contributed by atoms with van der Waals surface area (Å²) in [6.45, 7) is 3.12. The summed E-state index contributed by atoms with van der Waals surface area (Å²) < 4.78 is 0. The lowest BCUT2D eigenvalue weighted by molar-refractivity contribution is -0.117. The van der Waals surface area contributed by atoms with Crippen molar-refractivity contribution in [1.29, 1.82) is 0 Å². The molecule has 2 aromatic rings. The van der Waals surface area contributed by atoms with Gasteiger partial charge in [0.05, 0.1) is 10.0 Å². The number of halogens is 2. The van der Waals surface area contributed by atoms with Gasteiger partial charge in [-0.25, -0.2) is 0 Å². The maximum absolute atomic E-state index is 12.2. The highest BCUT2D eigenvalue weighted by Crippen LogP contribution is 2.23. The van der Waals surface area contributed by atoms with E-state index in [-0.39, 0.29) is 11.9 Å². The van der Waals surface area contributed by atoms with Gasteiger partial charge in [-0.05, 0) is 48.6 Å². The number of likely N-dealkylation sites (tertiary alicyclic amines) is 1. The van der Waals surface area contributed by atoms with E-state index in [1.54, 1.807) is 24.3 Å². The molecule has 5 heteroatoms. The number of nitrogens with zero attached hydrogens (tertiary/aromatic N) is 1. The van der Waals surface area contributed by atoms with Gasteiger partial charge in [-0.1, -0.05) is 59.6 Å². The topological polar surface area (TPSA) is 32.3 Å². The quantitative estimate of drug-likeness (QED) is 0.701. The van der Waals surface area contributed by atoms with Gasteiger partial charge in [-0.3, -0.25) is 4.79 Å². The average molecular weight is 403 g/mol. The zero-order valence-corrected chi connectivity index (χ0v) is 16.7. The summed E-state index contributed by atoms with van der Waals surface area (Å²) in [6, 6.07) is 16.1. The van der Waals surface area contributed by atoms with Crippen LogP contribution in [0.15, 0.2) is 54.6 Å². The first-order valence-electron chi connectivity index (χ1n) is 9.30. The molecule has 0 aromatic heterocycles. The Kier molecular flexibility index (Phi) is 7.33. The van der Waals surface area contributed by atoms with Crippen molar-refractivity contribution in [3.63, 3.8) is 0 Å². The van der Waals surface area contributed by atoms with Crippen molar-refractivity contribution in [2.45, 2.75) is 25.3 Å². The monoisotopic (exact) mass is 402 g/mol. The summed E-state index contributed by atoms with van der Waals surface area (Å²) in [4.78, 5) is 14.6. The van der Waals surface area contributed by atoms with Crippen LogP contribution in [0.4, 0.5) is 0 Å². The van der Waals surface area contributed by atoms with E-state index < -0.39 is 0 Å². The molecule has 1 fully saturated rings. The predicted octanol–water partition coefficient (Wildman–Crippen LogP) is 4.83. The van der Waals surface area contributed by atoms with Gasteiger partial charge in [0.2, 0.25) is 5.91 Å². The van der Waals surface area contributed by atoms with Gasteiger partial charge < -0.3 is 10.2 Å². The Labute approximate surface area is 171 Å². The SMILES string of the molecule is O=C(/C=C/c1ccc(Cl)c(Cl)c1)NC1CCN(CCc2ccccc2)CC1. The summed E-state index contributed by atoms with van der Waals surface area (Å²) in [5, 5.41) is 4.10. The number of piperidine rings is 1. The smallest absolute Gasteiger partial charge is 0.244 e. The van der Waals surface area contributed by atoms with Crippen molar-refractivity contribution in [2.75, 3.05) is 19.6 Å². The van der Waals surface area contributed by atoms with Crippen molar-refractivity contribution >= 4 is 35.2 Å². The minimum absolute atomic E-state index is 0.0659. The normalized spacial score (nSPS) is 15.9. The van der Waals surface area contributed by atoms with Gasteiger partial charge in [-0.2, -0.15) is 0 Å². The largest absolute Gasteiger partial charge is 0.350 e. The number of rotatable bonds is 6. The molecule has 0 unspecified atom stereocenters. The van der Waals surface area contributed by atoms with Gasteiger partial charge in [0.15, 0.2) is 0 Å². The van der Waals surface area contributed by atoms with E-state index in [9.17, 15) is 4.79 Å². The zero-order valence-electron chi connectivity index (χ0n) is 15.2. The highest BCUT2D eigenvalue weighted by atomic mass is 35.5. The first-order valence-corrected chi connectivity index (χ1v) is 10.1. The van der Waals surface area contributed by atoms with E-state index in [0.29, 0.717) is 10.0 Å². The van der Waals surface area contributed by atoms with Crippen molar-refractivity contribution in [1.82, 2.24) is 10.2 Å². The second-order valence-corrected chi connectivity index (χ2v) is 7.68. The van der Waals surface area contributed by atoms with Gasteiger partial charge >= 0.3 is 0 Å². The van der Waals surface area contributed by atoms with Crippen LogP contribution in [0.3, 0.4) is 0 Å². The third-order valence-electron chi connectivity index (χ3n) is 4.86. The van der Waals surface area contributed by atoms with E-state index in [4.69, 9.17) is 23.2 Å². The number of nitrogens with one attached hydrogen (secondary N) is 1. The molecule has 0 atom stereocenters. The maximum Gasteiger partial charge on any atom is 0.244 e. The number of carbonyl (C=O) groups excluding carboxylic acids is 1. The van der Waals surface area contributed by atoms with Crippen LogP contribution in [0.25, 0.3) is 6.08 Å². The predicted molar refractivity (Wildman–Crippen MR) is 113 cm³/mol. The molecule has 0 spiro atoms. The van der Waals surface area contributed by atoms with Crippen molar-refractivity contribution < 1.29 is 4.79 Å². The second kappa shape index (κ2) is 9.93. The molecule has 1 aliphatic rings. The Balaban J connectivity index is 1.40. The molecule has 1 N–H and O–H groups in total. The minimum Gasteiger partial charge on any atom is -0.350 e. The lowest BCUT2D eigenvalue weighted by atomic mass is 10.0. The Morgan fingerprint density at radius 2 is 1.81 bits per heavy atom. The molecule has 1 amide bonds. The molecule has 1 saturated heterocycles. The van der Waals surface area contributed by atoms with Crippen LogP contribution in [0.1, 0.15) is 24.0 Å². The lowest BCUT2D eigenvalue weighted by Gasteiger charge is -2.32. The van der Waals surface area contributed by atoms with Crippen LogP contribution in [-0.2, 0) is 11.2 Å².